The average Bonchev–Trinajstić information content (AvgIpc) is 2.82. The number of nitrogens with one attached hydrogen (secondary N) is 1. The minimum atomic E-state index is 0.450. The number of aromatic nitrogens is 4. The Kier molecular flexibility index (Phi) is 2.15. The Morgan fingerprint density at radius 3 is 2.85 bits per heavy atom. The van der Waals surface area contributed by atoms with Gasteiger partial charge in [-0.3, -0.25) is 0 Å². The fourth-order valence-corrected chi connectivity index (χ4v) is 1.94. The minimum absolute atomic E-state index is 0.450. The van der Waals surface area contributed by atoms with Crippen LogP contribution in [0.25, 0.3) is 0 Å². The highest BCUT2D eigenvalue weighted by Gasteiger charge is 2.41. The van der Waals surface area contributed by atoms with Crippen molar-refractivity contribution in [3.63, 3.8) is 0 Å². The largest absolute Gasteiger partial charge is 0.352 e. The quantitative estimate of drug-likeness (QED) is 0.766. The number of hydrogen-bond acceptors (Lipinski definition) is 5. The number of rotatable bonds is 4. The Morgan fingerprint density at radius 1 is 1.62 bits per heavy atom. The molecule has 0 spiro atoms. The van der Waals surface area contributed by atoms with E-state index in [1.165, 1.54) is 12.8 Å². The number of tetrazole rings is 1. The van der Waals surface area contributed by atoms with E-state index in [1.54, 1.807) is 4.68 Å². The van der Waals surface area contributed by atoms with Crippen molar-refractivity contribution in [2.45, 2.75) is 17.6 Å². The fraction of sp³-hybridized carbons (Fsp3) is 0.857. The fourth-order valence-electron chi connectivity index (χ4n) is 1.21. The van der Waals surface area contributed by atoms with Gasteiger partial charge in [0.05, 0.1) is 0 Å². The zero-order valence-corrected chi connectivity index (χ0v) is 8.63. The third-order valence-corrected chi connectivity index (χ3v) is 3.85. The molecule has 0 bridgehead atoms. The SMILES string of the molecule is CSC1(CNc2nnnn2C)CC1. The first-order valence-corrected chi connectivity index (χ1v) is 5.50. The second kappa shape index (κ2) is 3.17. The van der Waals surface area contributed by atoms with Crippen LogP contribution in [0, 0.1) is 0 Å². The van der Waals surface area contributed by atoms with Crippen LogP contribution in [0.1, 0.15) is 12.8 Å². The van der Waals surface area contributed by atoms with E-state index in [0.29, 0.717) is 4.75 Å². The van der Waals surface area contributed by atoms with Gasteiger partial charge in [-0.1, -0.05) is 5.10 Å². The number of hydrogen-bond donors (Lipinski definition) is 1. The van der Waals surface area contributed by atoms with E-state index < -0.39 is 0 Å². The van der Waals surface area contributed by atoms with Crippen LogP contribution >= 0.6 is 11.8 Å². The molecule has 0 saturated heterocycles. The van der Waals surface area contributed by atoms with Crippen molar-refractivity contribution < 1.29 is 0 Å². The first-order valence-electron chi connectivity index (χ1n) is 4.27. The van der Waals surface area contributed by atoms with Crippen LogP contribution in [-0.4, -0.2) is 37.8 Å². The summed E-state index contributed by atoms with van der Waals surface area (Å²) in [7, 11) is 1.83. The van der Waals surface area contributed by atoms with E-state index >= 15 is 0 Å². The lowest BCUT2D eigenvalue weighted by Crippen LogP contribution is -2.19. The summed E-state index contributed by atoms with van der Waals surface area (Å²) in [6.45, 7) is 0.961. The van der Waals surface area contributed by atoms with E-state index in [0.717, 1.165) is 12.5 Å². The Balaban J connectivity index is 1.90. The predicted molar refractivity (Wildman–Crippen MR) is 52.8 cm³/mol. The molecule has 6 heteroatoms. The Hall–Kier alpha value is -0.780. The lowest BCUT2D eigenvalue weighted by Gasteiger charge is -2.12. The molecular formula is C7H13N5S. The molecule has 1 fully saturated rings. The van der Waals surface area contributed by atoms with Gasteiger partial charge >= 0.3 is 0 Å². The third-order valence-electron chi connectivity index (χ3n) is 2.43. The van der Waals surface area contributed by atoms with Crippen molar-refractivity contribution in [2.75, 3.05) is 18.1 Å². The van der Waals surface area contributed by atoms with E-state index in [-0.39, 0.29) is 0 Å². The smallest absolute Gasteiger partial charge is 0.242 e. The van der Waals surface area contributed by atoms with Gasteiger partial charge in [-0.25, -0.2) is 4.68 Å². The van der Waals surface area contributed by atoms with Crippen molar-refractivity contribution in [2.24, 2.45) is 7.05 Å². The van der Waals surface area contributed by atoms with Crippen LogP contribution in [0.15, 0.2) is 0 Å². The van der Waals surface area contributed by atoms with Crippen molar-refractivity contribution in [1.82, 2.24) is 20.2 Å². The standard InChI is InChI=1S/C7H13N5S/c1-12-6(9-10-11-12)8-5-7(13-2)3-4-7/h3-5H2,1-2H3,(H,8,9,11). The number of anilines is 1. The molecule has 0 atom stereocenters. The van der Waals surface area contributed by atoms with Gasteiger partial charge in [0.1, 0.15) is 0 Å². The number of thioether (sulfide) groups is 1. The van der Waals surface area contributed by atoms with Gasteiger partial charge in [0.25, 0.3) is 0 Å². The molecule has 1 aliphatic carbocycles. The van der Waals surface area contributed by atoms with Crippen molar-refractivity contribution >= 4 is 17.7 Å². The maximum atomic E-state index is 3.86. The van der Waals surface area contributed by atoms with Crippen molar-refractivity contribution in [3.8, 4) is 0 Å². The zero-order chi connectivity index (χ0) is 9.31. The summed E-state index contributed by atoms with van der Waals surface area (Å²) in [5.74, 6) is 0.750. The highest BCUT2D eigenvalue weighted by molar-refractivity contribution is 8.00. The van der Waals surface area contributed by atoms with E-state index in [2.05, 4.69) is 27.1 Å². The first kappa shape index (κ1) is 8.80. The normalized spacial score (nSPS) is 18.6. The lowest BCUT2D eigenvalue weighted by atomic mass is 10.4. The summed E-state index contributed by atoms with van der Waals surface area (Å²) in [6.07, 6.45) is 4.75. The molecule has 0 unspecified atom stereocenters. The molecule has 72 valence electrons. The minimum Gasteiger partial charge on any atom is -0.352 e. The second-order valence-corrected chi connectivity index (χ2v) is 4.64. The van der Waals surface area contributed by atoms with Crippen molar-refractivity contribution in [1.29, 1.82) is 0 Å². The second-order valence-electron chi connectivity index (χ2n) is 3.37. The van der Waals surface area contributed by atoms with Gasteiger partial charge in [-0.15, -0.1) is 0 Å². The van der Waals surface area contributed by atoms with Gasteiger partial charge in [0, 0.05) is 18.3 Å². The molecule has 1 N–H and O–H groups in total. The molecule has 1 aliphatic rings. The number of aryl methyl sites for hydroxylation is 1. The molecule has 13 heavy (non-hydrogen) atoms. The van der Waals surface area contributed by atoms with Crippen molar-refractivity contribution in [3.05, 3.63) is 0 Å². The summed E-state index contributed by atoms with van der Waals surface area (Å²) in [6, 6.07) is 0. The predicted octanol–water partition coefficient (Wildman–Crippen LogP) is 0.518. The maximum Gasteiger partial charge on any atom is 0.242 e. The maximum absolute atomic E-state index is 3.86. The summed E-state index contributed by atoms with van der Waals surface area (Å²) >= 11 is 1.93. The molecule has 2 rings (SSSR count). The summed E-state index contributed by atoms with van der Waals surface area (Å²) < 4.78 is 2.10. The highest BCUT2D eigenvalue weighted by Crippen LogP contribution is 2.46. The molecule has 1 heterocycles. The van der Waals surface area contributed by atoms with Crippen LogP contribution < -0.4 is 5.32 Å². The monoisotopic (exact) mass is 199 g/mol. The van der Waals surface area contributed by atoms with Crippen LogP contribution in [0.2, 0.25) is 0 Å². The molecule has 1 saturated carbocycles. The van der Waals surface area contributed by atoms with Gasteiger partial charge in [-0.05, 0) is 29.5 Å². The molecular weight excluding hydrogens is 186 g/mol. The van der Waals surface area contributed by atoms with Gasteiger partial charge in [0.2, 0.25) is 5.95 Å². The van der Waals surface area contributed by atoms with Crippen LogP contribution in [0.5, 0.6) is 0 Å². The summed E-state index contributed by atoms with van der Waals surface area (Å²) in [5.41, 5.74) is 0. The third kappa shape index (κ3) is 1.77. The van der Waals surface area contributed by atoms with E-state index in [4.69, 9.17) is 0 Å². The van der Waals surface area contributed by atoms with Crippen LogP contribution in [0.3, 0.4) is 0 Å². The Labute approximate surface area is 81.3 Å². The molecule has 5 nitrogen and oxygen atoms in total. The zero-order valence-electron chi connectivity index (χ0n) is 7.82. The molecule has 1 aromatic rings. The topological polar surface area (TPSA) is 55.6 Å². The van der Waals surface area contributed by atoms with E-state index in [9.17, 15) is 0 Å². The molecule has 0 aliphatic heterocycles. The molecule has 0 aromatic carbocycles. The van der Waals surface area contributed by atoms with E-state index in [1.807, 2.05) is 18.8 Å². The molecule has 0 amide bonds. The molecule has 0 radical (unpaired) electrons. The lowest BCUT2D eigenvalue weighted by molar-refractivity contribution is 0.711. The van der Waals surface area contributed by atoms with Crippen LogP contribution in [-0.2, 0) is 7.05 Å². The number of nitrogens with zero attached hydrogens (tertiary/aromatic N) is 4. The summed E-state index contributed by atoms with van der Waals surface area (Å²) in [5, 5.41) is 14.4. The first-order chi connectivity index (χ1) is 6.26. The van der Waals surface area contributed by atoms with Gasteiger partial charge < -0.3 is 5.32 Å². The highest BCUT2D eigenvalue weighted by atomic mass is 32.2. The average molecular weight is 199 g/mol. The van der Waals surface area contributed by atoms with Gasteiger partial charge in [0.15, 0.2) is 0 Å². The molecule has 1 aromatic heterocycles. The Bertz CT molecular complexity index is 293. The van der Waals surface area contributed by atoms with Crippen LogP contribution in [0.4, 0.5) is 5.95 Å². The van der Waals surface area contributed by atoms with Gasteiger partial charge in [-0.2, -0.15) is 11.8 Å². The summed E-state index contributed by atoms with van der Waals surface area (Å²) in [4.78, 5) is 0. The Morgan fingerprint density at radius 2 is 2.38 bits per heavy atom.